The van der Waals surface area contributed by atoms with Crippen molar-refractivity contribution in [2.45, 2.75) is 58.3 Å². The van der Waals surface area contributed by atoms with Gasteiger partial charge in [0.05, 0.1) is 0 Å². The summed E-state index contributed by atoms with van der Waals surface area (Å²) in [6.07, 6.45) is 8.42. The van der Waals surface area contributed by atoms with E-state index >= 15 is 0 Å². The van der Waals surface area contributed by atoms with E-state index in [1.807, 2.05) is 13.1 Å². The van der Waals surface area contributed by atoms with Gasteiger partial charge in [-0.2, -0.15) is 4.98 Å². The second-order valence-electron chi connectivity index (χ2n) is 6.34. The predicted molar refractivity (Wildman–Crippen MR) is 115 cm³/mol. The molecule has 0 radical (unpaired) electrons. The van der Waals surface area contributed by atoms with Crippen molar-refractivity contribution in [2.75, 3.05) is 27.2 Å². The number of halogens is 1. The molecule has 0 amide bonds. The zero-order valence-electron chi connectivity index (χ0n) is 16.1. The van der Waals surface area contributed by atoms with E-state index in [0.717, 1.165) is 44.1 Å². The first-order valence-electron chi connectivity index (χ1n) is 8.93. The zero-order valence-corrected chi connectivity index (χ0v) is 18.5. The van der Waals surface area contributed by atoms with Crippen LogP contribution in [-0.2, 0) is 6.42 Å². The van der Waals surface area contributed by atoms with Crippen LogP contribution < -0.4 is 5.32 Å². The quantitative estimate of drug-likeness (QED) is 0.177. The Kier molecular flexibility index (Phi) is 13.5. The number of unbranched alkanes of at least 4 members (excludes halogenated alkanes) is 3. The number of nitrogens with zero attached hydrogens (tertiary/aromatic N) is 4. The van der Waals surface area contributed by atoms with Gasteiger partial charge in [0.1, 0.15) is 0 Å². The molecule has 1 N–H and O–H groups in total. The summed E-state index contributed by atoms with van der Waals surface area (Å²) in [5.74, 6) is 2.74. The van der Waals surface area contributed by atoms with Gasteiger partial charge >= 0.3 is 0 Å². The summed E-state index contributed by atoms with van der Waals surface area (Å²) in [5, 5.41) is 7.38. The minimum absolute atomic E-state index is 0. The molecule has 6 nitrogen and oxygen atoms in total. The average Bonchev–Trinajstić information content (AvgIpc) is 3.03. The van der Waals surface area contributed by atoms with Gasteiger partial charge < -0.3 is 14.7 Å². The van der Waals surface area contributed by atoms with E-state index in [1.54, 1.807) is 0 Å². The second kappa shape index (κ2) is 14.1. The molecule has 0 spiro atoms. The standard InChI is InChI=1S/C18H33N5O.HI/c1-6-7-8-9-10-14-23(5)18(19-4)20-13-11-12-16-21-17(15(2)3)22-24-16;/h6,15H,1,7-14H2,2-5H3,(H,19,20);1H. The van der Waals surface area contributed by atoms with E-state index in [9.17, 15) is 0 Å². The third-order valence-electron chi connectivity index (χ3n) is 3.83. The van der Waals surface area contributed by atoms with Crippen molar-refractivity contribution < 1.29 is 4.52 Å². The van der Waals surface area contributed by atoms with Crippen LogP contribution in [-0.4, -0.2) is 48.2 Å². The maximum Gasteiger partial charge on any atom is 0.226 e. The van der Waals surface area contributed by atoms with Crippen molar-refractivity contribution >= 4 is 29.9 Å². The van der Waals surface area contributed by atoms with Crippen molar-refractivity contribution in [1.82, 2.24) is 20.4 Å². The fourth-order valence-corrected chi connectivity index (χ4v) is 2.35. The van der Waals surface area contributed by atoms with Crippen LogP contribution in [0.15, 0.2) is 22.2 Å². The molecule has 0 bridgehead atoms. The number of allylic oxidation sites excluding steroid dienone is 1. The van der Waals surface area contributed by atoms with Crippen molar-refractivity contribution in [1.29, 1.82) is 0 Å². The van der Waals surface area contributed by atoms with Gasteiger partial charge in [0.25, 0.3) is 0 Å². The first kappa shape index (κ1) is 23.9. The van der Waals surface area contributed by atoms with E-state index in [4.69, 9.17) is 4.52 Å². The number of aromatic nitrogens is 2. The van der Waals surface area contributed by atoms with Crippen LogP contribution in [0.2, 0.25) is 0 Å². The lowest BCUT2D eigenvalue weighted by molar-refractivity contribution is 0.368. The van der Waals surface area contributed by atoms with Crippen molar-refractivity contribution in [2.24, 2.45) is 4.99 Å². The first-order valence-corrected chi connectivity index (χ1v) is 8.93. The second-order valence-corrected chi connectivity index (χ2v) is 6.34. The molecule has 25 heavy (non-hydrogen) atoms. The number of guanidine groups is 1. The van der Waals surface area contributed by atoms with E-state index in [-0.39, 0.29) is 24.0 Å². The van der Waals surface area contributed by atoms with Gasteiger partial charge in [-0.05, 0) is 25.7 Å². The molecular weight excluding hydrogens is 429 g/mol. The SMILES string of the molecule is C=CCCCCCN(C)C(=NC)NCCCc1nc(C(C)C)no1.I. The minimum atomic E-state index is 0. The number of rotatable bonds is 11. The fraction of sp³-hybridized carbons (Fsp3) is 0.722. The third-order valence-corrected chi connectivity index (χ3v) is 3.83. The van der Waals surface area contributed by atoms with Gasteiger partial charge in [-0.25, -0.2) is 0 Å². The maximum absolute atomic E-state index is 5.26. The Morgan fingerprint density at radius 3 is 2.68 bits per heavy atom. The highest BCUT2D eigenvalue weighted by atomic mass is 127. The molecule has 1 rings (SSSR count). The molecule has 1 aromatic rings. The van der Waals surface area contributed by atoms with Crippen LogP contribution in [0.5, 0.6) is 0 Å². The van der Waals surface area contributed by atoms with Crippen molar-refractivity contribution in [3.8, 4) is 0 Å². The van der Waals surface area contributed by atoms with E-state index in [0.29, 0.717) is 11.8 Å². The molecule has 0 atom stereocenters. The summed E-state index contributed by atoms with van der Waals surface area (Å²) in [6.45, 7) is 9.73. The molecule has 0 aliphatic carbocycles. The Balaban J connectivity index is 0.00000576. The highest BCUT2D eigenvalue weighted by Gasteiger charge is 2.09. The Bertz CT molecular complexity index is 501. The van der Waals surface area contributed by atoms with E-state index in [1.165, 1.54) is 19.3 Å². The number of aliphatic imine (C=N–C) groups is 1. The van der Waals surface area contributed by atoms with Gasteiger partial charge in [0.2, 0.25) is 5.89 Å². The fourth-order valence-electron chi connectivity index (χ4n) is 2.35. The molecule has 1 aromatic heterocycles. The van der Waals surface area contributed by atoms with Crippen LogP contribution in [0, 0.1) is 0 Å². The van der Waals surface area contributed by atoms with Gasteiger partial charge in [-0.1, -0.05) is 31.5 Å². The van der Waals surface area contributed by atoms with Crippen LogP contribution in [0.4, 0.5) is 0 Å². The lowest BCUT2D eigenvalue weighted by Gasteiger charge is -2.21. The number of aryl methyl sites for hydroxylation is 1. The molecular formula is C18H34IN5O. The van der Waals surface area contributed by atoms with Gasteiger partial charge in [-0.3, -0.25) is 4.99 Å². The van der Waals surface area contributed by atoms with Gasteiger partial charge in [0, 0.05) is 39.5 Å². The van der Waals surface area contributed by atoms with Crippen LogP contribution in [0.1, 0.15) is 63.6 Å². The topological polar surface area (TPSA) is 66.5 Å². The van der Waals surface area contributed by atoms with Crippen LogP contribution >= 0.6 is 24.0 Å². The van der Waals surface area contributed by atoms with E-state index < -0.39 is 0 Å². The lowest BCUT2D eigenvalue weighted by Crippen LogP contribution is -2.39. The van der Waals surface area contributed by atoms with Crippen molar-refractivity contribution in [3.63, 3.8) is 0 Å². The van der Waals surface area contributed by atoms with E-state index in [2.05, 4.69) is 52.8 Å². The summed E-state index contributed by atoms with van der Waals surface area (Å²) in [5.41, 5.74) is 0. The monoisotopic (exact) mass is 463 g/mol. The maximum atomic E-state index is 5.26. The molecule has 0 saturated heterocycles. The molecule has 0 aliphatic rings. The predicted octanol–water partition coefficient (Wildman–Crippen LogP) is 4.00. The summed E-state index contributed by atoms with van der Waals surface area (Å²) in [4.78, 5) is 10.9. The summed E-state index contributed by atoms with van der Waals surface area (Å²) in [6, 6.07) is 0. The molecule has 0 aromatic carbocycles. The molecule has 0 aliphatic heterocycles. The zero-order chi connectivity index (χ0) is 17.8. The average molecular weight is 463 g/mol. The molecule has 1 heterocycles. The highest BCUT2D eigenvalue weighted by molar-refractivity contribution is 14.0. The molecule has 7 heteroatoms. The smallest absolute Gasteiger partial charge is 0.226 e. The third kappa shape index (κ3) is 9.81. The Morgan fingerprint density at radius 1 is 1.32 bits per heavy atom. The summed E-state index contributed by atoms with van der Waals surface area (Å²) in [7, 11) is 3.90. The Morgan fingerprint density at radius 2 is 2.08 bits per heavy atom. The highest BCUT2D eigenvalue weighted by Crippen LogP contribution is 2.10. The number of hydrogen-bond acceptors (Lipinski definition) is 4. The van der Waals surface area contributed by atoms with Crippen molar-refractivity contribution in [3.05, 3.63) is 24.4 Å². The normalized spacial score (nSPS) is 11.3. The molecule has 144 valence electrons. The lowest BCUT2D eigenvalue weighted by atomic mass is 10.2. The first-order chi connectivity index (χ1) is 11.6. The minimum Gasteiger partial charge on any atom is -0.356 e. The largest absolute Gasteiger partial charge is 0.356 e. The Labute approximate surface area is 169 Å². The van der Waals surface area contributed by atoms with Crippen LogP contribution in [0.3, 0.4) is 0 Å². The summed E-state index contributed by atoms with van der Waals surface area (Å²) < 4.78 is 5.26. The molecule has 0 saturated carbocycles. The summed E-state index contributed by atoms with van der Waals surface area (Å²) >= 11 is 0. The van der Waals surface area contributed by atoms with Gasteiger partial charge in [0.15, 0.2) is 11.8 Å². The Hall–Kier alpha value is -1.12. The molecule has 0 unspecified atom stereocenters. The molecule has 0 fully saturated rings. The number of nitrogens with one attached hydrogen (secondary N) is 1. The number of hydrogen-bond donors (Lipinski definition) is 1. The van der Waals surface area contributed by atoms with Crippen LogP contribution in [0.25, 0.3) is 0 Å². The van der Waals surface area contributed by atoms with Gasteiger partial charge in [-0.15, -0.1) is 30.6 Å².